The minimum absolute atomic E-state index is 0.0972. The van der Waals surface area contributed by atoms with Crippen LogP contribution in [0.2, 0.25) is 5.02 Å². The number of nitro benzene ring substituents is 1. The number of nitro groups is 1. The third-order valence-corrected chi connectivity index (χ3v) is 5.05. The van der Waals surface area contributed by atoms with Crippen LogP contribution in [0.3, 0.4) is 0 Å². The SMILES string of the molecule is CCCn1c(SCc2cccc([N+](=O)[O-])c2)nnc1-c1ccc(Cl)cc1. The summed E-state index contributed by atoms with van der Waals surface area (Å²) in [7, 11) is 0. The molecular weight excluding hydrogens is 372 g/mol. The summed E-state index contributed by atoms with van der Waals surface area (Å²) in [6.45, 7) is 2.89. The summed E-state index contributed by atoms with van der Waals surface area (Å²) in [6, 6.07) is 14.2. The largest absolute Gasteiger partial charge is 0.302 e. The fourth-order valence-corrected chi connectivity index (χ4v) is 3.57. The Morgan fingerprint density at radius 3 is 2.65 bits per heavy atom. The Morgan fingerprint density at radius 2 is 1.96 bits per heavy atom. The van der Waals surface area contributed by atoms with Crippen molar-refractivity contribution in [2.45, 2.75) is 30.8 Å². The number of rotatable bonds is 7. The van der Waals surface area contributed by atoms with Crippen LogP contribution < -0.4 is 0 Å². The molecule has 0 saturated heterocycles. The van der Waals surface area contributed by atoms with Gasteiger partial charge >= 0.3 is 0 Å². The van der Waals surface area contributed by atoms with Crippen LogP contribution in [0.15, 0.2) is 53.7 Å². The maximum Gasteiger partial charge on any atom is 0.269 e. The zero-order valence-electron chi connectivity index (χ0n) is 14.1. The standard InChI is InChI=1S/C18H17ClN4O2S/c1-2-10-22-17(14-6-8-15(19)9-7-14)20-21-18(22)26-12-13-4-3-5-16(11-13)23(24)25/h3-9,11H,2,10,12H2,1H3. The van der Waals surface area contributed by atoms with Crippen molar-refractivity contribution in [3.63, 3.8) is 0 Å². The van der Waals surface area contributed by atoms with Gasteiger partial charge in [-0.15, -0.1) is 10.2 Å². The molecular formula is C18H17ClN4O2S. The van der Waals surface area contributed by atoms with E-state index in [-0.39, 0.29) is 10.6 Å². The van der Waals surface area contributed by atoms with Crippen molar-refractivity contribution in [3.05, 3.63) is 69.2 Å². The Labute approximate surface area is 160 Å². The van der Waals surface area contributed by atoms with Gasteiger partial charge in [-0.05, 0) is 36.2 Å². The average molecular weight is 389 g/mol. The third kappa shape index (κ3) is 4.23. The second-order valence-corrected chi connectivity index (χ2v) is 7.06. The van der Waals surface area contributed by atoms with Crippen molar-refractivity contribution in [1.82, 2.24) is 14.8 Å². The van der Waals surface area contributed by atoms with Crippen molar-refractivity contribution >= 4 is 29.1 Å². The van der Waals surface area contributed by atoms with Gasteiger partial charge in [0.15, 0.2) is 11.0 Å². The van der Waals surface area contributed by atoms with Crippen LogP contribution in [0.5, 0.6) is 0 Å². The number of benzene rings is 2. The van der Waals surface area contributed by atoms with Gasteiger partial charge in [0.1, 0.15) is 0 Å². The molecule has 3 aromatic rings. The lowest BCUT2D eigenvalue weighted by Crippen LogP contribution is -2.02. The van der Waals surface area contributed by atoms with Crippen molar-refractivity contribution in [1.29, 1.82) is 0 Å². The highest BCUT2D eigenvalue weighted by molar-refractivity contribution is 7.98. The van der Waals surface area contributed by atoms with Crippen LogP contribution in [0.25, 0.3) is 11.4 Å². The minimum Gasteiger partial charge on any atom is -0.302 e. The van der Waals surface area contributed by atoms with E-state index in [1.54, 1.807) is 12.1 Å². The molecule has 0 aliphatic rings. The van der Waals surface area contributed by atoms with Crippen LogP contribution >= 0.6 is 23.4 Å². The average Bonchev–Trinajstić information content (AvgIpc) is 3.04. The molecule has 0 fully saturated rings. The highest BCUT2D eigenvalue weighted by Gasteiger charge is 2.14. The number of aromatic nitrogens is 3. The smallest absolute Gasteiger partial charge is 0.269 e. The molecule has 0 radical (unpaired) electrons. The first-order chi connectivity index (χ1) is 12.6. The molecule has 134 valence electrons. The molecule has 3 rings (SSSR count). The van der Waals surface area contributed by atoms with Gasteiger partial charge in [0, 0.05) is 35.0 Å². The molecule has 0 aliphatic carbocycles. The Kier molecular flexibility index (Phi) is 5.90. The highest BCUT2D eigenvalue weighted by Crippen LogP contribution is 2.28. The Morgan fingerprint density at radius 1 is 1.19 bits per heavy atom. The topological polar surface area (TPSA) is 73.8 Å². The van der Waals surface area contributed by atoms with Gasteiger partial charge in [-0.2, -0.15) is 0 Å². The number of hydrogen-bond acceptors (Lipinski definition) is 5. The number of non-ortho nitro benzene ring substituents is 1. The third-order valence-electron chi connectivity index (χ3n) is 3.76. The molecule has 0 saturated carbocycles. The molecule has 0 unspecified atom stereocenters. The molecule has 0 amide bonds. The second kappa shape index (κ2) is 8.33. The van der Waals surface area contributed by atoms with Crippen LogP contribution in [-0.2, 0) is 12.3 Å². The summed E-state index contributed by atoms with van der Waals surface area (Å²) in [5.74, 6) is 1.38. The molecule has 0 aliphatic heterocycles. The van der Waals surface area contributed by atoms with Gasteiger partial charge in [0.2, 0.25) is 0 Å². The van der Waals surface area contributed by atoms with E-state index in [2.05, 4.69) is 21.7 Å². The highest BCUT2D eigenvalue weighted by atomic mass is 35.5. The monoisotopic (exact) mass is 388 g/mol. The summed E-state index contributed by atoms with van der Waals surface area (Å²) in [6.07, 6.45) is 0.947. The summed E-state index contributed by atoms with van der Waals surface area (Å²) < 4.78 is 2.07. The van der Waals surface area contributed by atoms with Crippen LogP contribution in [-0.4, -0.2) is 19.7 Å². The maximum atomic E-state index is 10.9. The minimum atomic E-state index is -0.383. The molecule has 6 nitrogen and oxygen atoms in total. The maximum absolute atomic E-state index is 10.9. The first kappa shape index (κ1) is 18.4. The first-order valence-corrected chi connectivity index (χ1v) is 9.50. The molecule has 1 heterocycles. The van der Waals surface area contributed by atoms with Gasteiger partial charge in [-0.3, -0.25) is 10.1 Å². The van der Waals surface area contributed by atoms with E-state index in [1.165, 1.54) is 17.8 Å². The molecule has 0 N–H and O–H groups in total. The van der Waals surface area contributed by atoms with Crippen LogP contribution in [0.4, 0.5) is 5.69 Å². The molecule has 1 aromatic heterocycles. The zero-order valence-corrected chi connectivity index (χ0v) is 15.7. The number of nitrogens with zero attached hydrogens (tertiary/aromatic N) is 4. The normalized spacial score (nSPS) is 10.8. The van der Waals surface area contributed by atoms with Crippen molar-refractivity contribution in [2.75, 3.05) is 0 Å². The fraction of sp³-hybridized carbons (Fsp3) is 0.222. The summed E-state index contributed by atoms with van der Waals surface area (Å²) in [4.78, 5) is 10.5. The lowest BCUT2D eigenvalue weighted by Gasteiger charge is -2.09. The predicted molar refractivity (Wildman–Crippen MR) is 103 cm³/mol. The molecule has 0 spiro atoms. The van der Waals surface area contributed by atoms with E-state index < -0.39 is 0 Å². The lowest BCUT2D eigenvalue weighted by atomic mass is 10.2. The molecule has 2 aromatic carbocycles. The first-order valence-electron chi connectivity index (χ1n) is 8.13. The van der Waals surface area contributed by atoms with Gasteiger partial charge in [0.05, 0.1) is 4.92 Å². The summed E-state index contributed by atoms with van der Waals surface area (Å²) >= 11 is 7.48. The number of thioether (sulfide) groups is 1. The quantitative estimate of drug-likeness (QED) is 0.315. The van der Waals surface area contributed by atoms with Gasteiger partial charge in [-0.1, -0.05) is 42.4 Å². The lowest BCUT2D eigenvalue weighted by molar-refractivity contribution is -0.384. The van der Waals surface area contributed by atoms with Crippen molar-refractivity contribution in [3.8, 4) is 11.4 Å². The second-order valence-electron chi connectivity index (χ2n) is 5.68. The Hall–Kier alpha value is -2.38. The van der Waals surface area contributed by atoms with E-state index in [1.807, 2.05) is 30.3 Å². The van der Waals surface area contributed by atoms with Gasteiger partial charge in [0.25, 0.3) is 5.69 Å². The van der Waals surface area contributed by atoms with E-state index in [4.69, 9.17) is 11.6 Å². The van der Waals surface area contributed by atoms with E-state index >= 15 is 0 Å². The summed E-state index contributed by atoms with van der Waals surface area (Å²) in [5.41, 5.74) is 1.93. The Bertz CT molecular complexity index is 912. The fourth-order valence-electron chi connectivity index (χ4n) is 2.54. The predicted octanol–water partition coefficient (Wildman–Crippen LogP) is 5.21. The van der Waals surface area contributed by atoms with E-state index in [0.29, 0.717) is 10.8 Å². The number of halogens is 1. The molecule has 8 heteroatoms. The number of hydrogen-bond donors (Lipinski definition) is 0. The van der Waals surface area contributed by atoms with Crippen LogP contribution in [0.1, 0.15) is 18.9 Å². The van der Waals surface area contributed by atoms with Crippen molar-refractivity contribution in [2.24, 2.45) is 0 Å². The molecule has 26 heavy (non-hydrogen) atoms. The van der Waals surface area contributed by atoms with E-state index in [0.717, 1.165) is 35.1 Å². The van der Waals surface area contributed by atoms with Crippen molar-refractivity contribution < 1.29 is 4.92 Å². The van der Waals surface area contributed by atoms with E-state index in [9.17, 15) is 10.1 Å². The molecule has 0 bridgehead atoms. The Balaban J connectivity index is 1.83. The van der Waals surface area contributed by atoms with Gasteiger partial charge in [-0.25, -0.2) is 0 Å². The van der Waals surface area contributed by atoms with Gasteiger partial charge < -0.3 is 4.57 Å². The zero-order chi connectivity index (χ0) is 18.5. The summed E-state index contributed by atoms with van der Waals surface area (Å²) in [5, 5.41) is 21.0. The van der Waals surface area contributed by atoms with Crippen LogP contribution in [0, 0.1) is 10.1 Å². The molecule has 0 atom stereocenters.